The number of carboxylic acids is 1. The number of carbonyl (C=O) groups is 2. The van der Waals surface area contributed by atoms with Crippen molar-refractivity contribution < 1.29 is 14.7 Å². The van der Waals surface area contributed by atoms with Crippen molar-refractivity contribution in [3.8, 4) is 0 Å². The summed E-state index contributed by atoms with van der Waals surface area (Å²) < 4.78 is 0. The highest BCUT2D eigenvalue weighted by atomic mass is 16.4. The van der Waals surface area contributed by atoms with Crippen molar-refractivity contribution in [1.29, 1.82) is 0 Å². The Morgan fingerprint density at radius 3 is 2.12 bits per heavy atom. The quantitative estimate of drug-likeness (QED) is 0.643. The summed E-state index contributed by atoms with van der Waals surface area (Å²) in [6.45, 7) is 7.37. The highest BCUT2D eigenvalue weighted by molar-refractivity contribution is 6.08. The lowest BCUT2D eigenvalue weighted by Gasteiger charge is -2.15. The minimum Gasteiger partial charge on any atom is -0.481 e. The van der Waals surface area contributed by atoms with Crippen molar-refractivity contribution in [1.82, 2.24) is 0 Å². The highest BCUT2D eigenvalue weighted by Gasteiger charge is 2.30. The lowest BCUT2D eigenvalue weighted by atomic mass is 9.87. The van der Waals surface area contributed by atoms with Gasteiger partial charge in [-0.15, -0.1) is 0 Å². The molecule has 1 aromatic carbocycles. The molecular weight excluding hydrogens is 216 g/mol. The molecule has 0 saturated heterocycles. The fourth-order valence-electron chi connectivity index (χ4n) is 1.77. The van der Waals surface area contributed by atoms with Crippen LogP contribution in [-0.4, -0.2) is 16.9 Å². The lowest BCUT2D eigenvalue weighted by molar-refractivity contribution is -0.141. The third-order valence-corrected chi connectivity index (χ3v) is 3.01. The summed E-state index contributed by atoms with van der Waals surface area (Å²) in [7, 11) is 0. The zero-order valence-corrected chi connectivity index (χ0v) is 10.7. The van der Waals surface area contributed by atoms with Crippen LogP contribution >= 0.6 is 0 Å². The van der Waals surface area contributed by atoms with Gasteiger partial charge in [0.05, 0.1) is 0 Å². The van der Waals surface area contributed by atoms with Gasteiger partial charge in [0, 0.05) is 5.56 Å². The monoisotopic (exact) mass is 234 g/mol. The molecule has 0 saturated carbocycles. The van der Waals surface area contributed by atoms with E-state index in [1.54, 1.807) is 26.0 Å². The third-order valence-electron chi connectivity index (χ3n) is 3.01. The predicted octanol–water partition coefficient (Wildman–Crippen LogP) is 2.84. The molecule has 1 rings (SSSR count). The van der Waals surface area contributed by atoms with Crippen LogP contribution in [0.4, 0.5) is 0 Å². The Labute approximate surface area is 101 Å². The van der Waals surface area contributed by atoms with E-state index < -0.39 is 11.9 Å². The molecule has 0 aliphatic rings. The van der Waals surface area contributed by atoms with Gasteiger partial charge in [-0.1, -0.05) is 26.0 Å². The van der Waals surface area contributed by atoms with E-state index >= 15 is 0 Å². The summed E-state index contributed by atoms with van der Waals surface area (Å²) in [5.74, 6) is -2.53. The molecule has 1 unspecified atom stereocenters. The van der Waals surface area contributed by atoms with E-state index in [0.717, 1.165) is 11.1 Å². The first-order valence-electron chi connectivity index (χ1n) is 5.69. The summed E-state index contributed by atoms with van der Waals surface area (Å²) in [4.78, 5) is 23.2. The van der Waals surface area contributed by atoms with Crippen LogP contribution in [0.3, 0.4) is 0 Å². The Hall–Kier alpha value is -1.64. The number of ketones is 1. The minimum absolute atomic E-state index is 0.207. The molecule has 17 heavy (non-hydrogen) atoms. The first kappa shape index (κ1) is 13.4. The van der Waals surface area contributed by atoms with Gasteiger partial charge >= 0.3 is 5.97 Å². The first-order chi connectivity index (χ1) is 7.84. The zero-order chi connectivity index (χ0) is 13.2. The summed E-state index contributed by atoms with van der Waals surface area (Å²) in [5.41, 5.74) is 2.58. The second-order valence-electron chi connectivity index (χ2n) is 4.72. The van der Waals surface area contributed by atoms with E-state index in [1.165, 1.54) is 0 Å². The number of hydrogen-bond acceptors (Lipinski definition) is 2. The molecule has 0 aromatic heterocycles. The number of aryl methyl sites for hydroxylation is 2. The van der Waals surface area contributed by atoms with Gasteiger partial charge in [0.15, 0.2) is 5.78 Å². The fourth-order valence-corrected chi connectivity index (χ4v) is 1.77. The molecule has 1 aromatic rings. The Kier molecular flexibility index (Phi) is 4.05. The van der Waals surface area contributed by atoms with Crippen molar-refractivity contribution >= 4 is 11.8 Å². The van der Waals surface area contributed by atoms with Gasteiger partial charge in [-0.3, -0.25) is 9.59 Å². The van der Waals surface area contributed by atoms with Crippen LogP contribution in [-0.2, 0) is 4.79 Å². The standard InChI is InChI=1S/C14H18O3/c1-8(2)12(14(16)17)13(15)11-6-5-9(3)10(4)7-11/h5-8,12H,1-4H3,(H,16,17). The minimum atomic E-state index is -1.05. The lowest BCUT2D eigenvalue weighted by Crippen LogP contribution is -2.28. The van der Waals surface area contributed by atoms with Gasteiger partial charge in [-0.05, 0) is 37.0 Å². The smallest absolute Gasteiger partial charge is 0.314 e. The summed E-state index contributed by atoms with van der Waals surface area (Å²) in [5, 5.41) is 9.08. The van der Waals surface area contributed by atoms with E-state index in [2.05, 4.69) is 0 Å². The number of carbonyl (C=O) groups excluding carboxylic acids is 1. The second kappa shape index (κ2) is 5.13. The van der Waals surface area contributed by atoms with Crippen LogP contribution < -0.4 is 0 Å². The molecule has 92 valence electrons. The molecule has 0 aliphatic carbocycles. The molecule has 0 bridgehead atoms. The van der Waals surface area contributed by atoms with Crippen LogP contribution in [0.25, 0.3) is 0 Å². The topological polar surface area (TPSA) is 54.4 Å². The maximum Gasteiger partial charge on any atom is 0.314 e. The van der Waals surface area contributed by atoms with Crippen molar-refractivity contribution in [3.63, 3.8) is 0 Å². The number of carboxylic acid groups (broad SMARTS) is 1. The summed E-state index contributed by atoms with van der Waals surface area (Å²) >= 11 is 0. The average Bonchev–Trinajstić information content (AvgIpc) is 2.20. The number of aliphatic carboxylic acids is 1. The van der Waals surface area contributed by atoms with E-state index in [-0.39, 0.29) is 11.7 Å². The molecule has 0 radical (unpaired) electrons. The van der Waals surface area contributed by atoms with Gasteiger partial charge in [0.2, 0.25) is 0 Å². The highest BCUT2D eigenvalue weighted by Crippen LogP contribution is 2.19. The van der Waals surface area contributed by atoms with Crippen molar-refractivity contribution in [2.45, 2.75) is 27.7 Å². The van der Waals surface area contributed by atoms with E-state index in [1.807, 2.05) is 19.9 Å². The molecule has 0 fully saturated rings. The second-order valence-corrected chi connectivity index (χ2v) is 4.72. The largest absolute Gasteiger partial charge is 0.481 e. The number of hydrogen-bond donors (Lipinski definition) is 1. The molecule has 0 amide bonds. The van der Waals surface area contributed by atoms with Crippen molar-refractivity contribution in [2.24, 2.45) is 11.8 Å². The molecule has 1 atom stereocenters. The normalized spacial score (nSPS) is 12.5. The summed E-state index contributed by atoms with van der Waals surface area (Å²) in [6, 6.07) is 5.31. The molecule has 3 nitrogen and oxygen atoms in total. The molecule has 0 heterocycles. The number of rotatable bonds is 4. The first-order valence-corrected chi connectivity index (χ1v) is 5.69. The Bertz CT molecular complexity index is 447. The third kappa shape index (κ3) is 2.93. The molecular formula is C14H18O3. The number of benzene rings is 1. The Balaban J connectivity index is 3.10. The maximum absolute atomic E-state index is 12.1. The zero-order valence-electron chi connectivity index (χ0n) is 10.7. The summed E-state index contributed by atoms with van der Waals surface area (Å²) in [6.07, 6.45) is 0. The molecule has 0 spiro atoms. The Morgan fingerprint density at radius 2 is 1.71 bits per heavy atom. The van der Waals surface area contributed by atoms with Crippen LogP contribution in [0.5, 0.6) is 0 Å². The maximum atomic E-state index is 12.1. The van der Waals surface area contributed by atoms with Crippen LogP contribution in [0.2, 0.25) is 0 Å². The van der Waals surface area contributed by atoms with Crippen molar-refractivity contribution in [2.75, 3.05) is 0 Å². The molecule has 1 N–H and O–H groups in total. The van der Waals surface area contributed by atoms with E-state index in [9.17, 15) is 9.59 Å². The Morgan fingerprint density at radius 1 is 1.12 bits per heavy atom. The predicted molar refractivity (Wildman–Crippen MR) is 66.2 cm³/mol. The molecule has 3 heteroatoms. The van der Waals surface area contributed by atoms with Gasteiger partial charge in [0.1, 0.15) is 5.92 Å². The van der Waals surface area contributed by atoms with Crippen LogP contribution in [0.1, 0.15) is 35.3 Å². The SMILES string of the molecule is Cc1ccc(C(=O)C(C(=O)O)C(C)C)cc1C. The van der Waals surface area contributed by atoms with Gasteiger partial charge in [-0.25, -0.2) is 0 Å². The van der Waals surface area contributed by atoms with E-state index in [4.69, 9.17) is 5.11 Å². The van der Waals surface area contributed by atoms with Crippen molar-refractivity contribution in [3.05, 3.63) is 34.9 Å². The van der Waals surface area contributed by atoms with Crippen LogP contribution in [0, 0.1) is 25.7 Å². The average molecular weight is 234 g/mol. The van der Waals surface area contributed by atoms with Gasteiger partial charge in [0.25, 0.3) is 0 Å². The molecule has 0 aliphatic heterocycles. The van der Waals surface area contributed by atoms with Gasteiger partial charge in [-0.2, -0.15) is 0 Å². The van der Waals surface area contributed by atoms with Gasteiger partial charge < -0.3 is 5.11 Å². The van der Waals surface area contributed by atoms with Crippen LogP contribution in [0.15, 0.2) is 18.2 Å². The fraction of sp³-hybridized carbons (Fsp3) is 0.429. The van der Waals surface area contributed by atoms with E-state index in [0.29, 0.717) is 5.56 Å². The number of Topliss-reactive ketones (excluding diaryl/α,β-unsaturated/α-hetero) is 1.